The van der Waals surface area contributed by atoms with Gasteiger partial charge >= 0.3 is 12.1 Å². The number of hydrogen-bond donors (Lipinski definition) is 3. The Bertz CT molecular complexity index is 640. The van der Waals surface area contributed by atoms with Crippen molar-refractivity contribution < 1.29 is 28.7 Å². The number of rotatable bonds is 11. The van der Waals surface area contributed by atoms with E-state index in [9.17, 15) is 19.2 Å². The number of nitrogens with one attached hydrogen (secondary N) is 3. The van der Waals surface area contributed by atoms with Crippen molar-refractivity contribution in [3.8, 4) is 0 Å². The van der Waals surface area contributed by atoms with E-state index in [-0.39, 0.29) is 36.1 Å². The molecule has 3 N–H and O–H groups in total. The van der Waals surface area contributed by atoms with E-state index in [0.29, 0.717) is 6.42 Å². The Labute approximate surface area is 192 Å². The Morgan fingerprint density at radius 3 is 1.72 bits per heavy atom. The Morgan fingerprint density at radius 1 is 0.781 bits per heavy atom. The lowest BCUT2D eigenvalue weighted by Gasteiger charge is -2.27. The van der Waals surface area contributed by atoms with Crippen molar-refractivity contribution in [2.45, 2.75) is 98.9 Å². The van der Waals surface area contributed by atoms with Crippen LogP contribution >= 0.6 is 0 Å². The van der Waals surface area contributed by atoms with Gasteiger partial charge in [0.1, 0.15) is 17.7 Å². The molecule has 0 spiro atoms. The summed E-state index contributed by atoms with van der Waals surface area (Å²) in [5.74, 6) is -1.55. The summed E-state index contributed by atoms with van der Waals surface area (Å²) in [6.45, 7) is 16.5. The van der Waals surface area contributed by atoms with E-state index in [4.69, 9.17) is 9.47 Å². The van der Waals surface area contributed by atoms with Crippen molar-refractivity contribution in [2.75, 3.05) is 7.11 Å². The van der Waals surface area contributed by atoms with Crippen LogP contribution in [-0.2, 0) is 23.9 Å². The first-order valence-electron chi connectivity index (χ1n) is 11.3. The number of alkyl carbamates (subject to hydrolysis) is 1. The Balaban J connectivity index is 5.02. The summed E-state index contributed by atoms with van der Waals surface area (Å²) in [6, 6.07) is -1.86. The molecule has 0 rings (SSSR count). The summed E-state index contributed by atoms with van der Waals surface area (Å²) in [4.78, 5) is 49.4. The minimum absolute atomic E-state index is 0.0892. The van der Waals surface area contributed by atoms with Gasteiger partial charge in [0, 0.05) is 12.5 Å². The monoisotopic (exact) mass is 457 g/mol. The summed E-state index contributed by atoms with van der Waals surface area (Å²) in [7, 11) is 1.27. The highest BCUT2D eigenvalue weighted by Gasteiger charge is 2.31. The highest BCUT2D eigenvalue weighted by molar-refractivity contribution is 5.91. The molecule has 9 heteroatoms. The second-order valence-electron chi connectivity index (χ2n) is 10.1. The molecule has 0 aliphatic rings. The average Bonchev–Trinajstić information content (AvgIpc) is 2.64. The molecule has 0 aliphatic heterocycles. The zero-order valence-corrected chi connectivity index (χ0v) is 21.3. The molecule has 0 aromatic carbocycles. The van der Waals surface area contributed by atoms with Gasteiger partial charge in [0.2, 0.25) is 11.8 Å². The molecule has 0 unspecified atom stereocenters. The van der Waals surface area contributed by atoms with E-state index < -0.39 is 35.7 Å². The molecular weight excluding hydrogens is 414 g/mol. The van der Waals surface area contributed by atoms with Crippen molar-refractivity contribution in [3.63, 3.8) is 0 Å². The summed E-state index contributed by atoms with van der Waals surface area (Å²) in [5, 5.41) is 8.25. The van der Waals surface area contributed by atoms with Gasteiger partial charge in [0.15, 0.2) is 0 Å². The van der Waals surface area contributed by atoms with Crippen LogP contribution in [0, 0.1) is 17.8 Å². The highest BCUT2D eigenvalue weighted by atomic mass is 16.6. The van der Waals surface area contributed by atoms with Gasteiger partial charge in [-0.1, -0.05) is 41.5 Å². The van der Waals surface area contributed by atoms with Crippen LogP contribution in [0.5, 0.6) is 0 Å². The third kappa shape index (κ3) is 11.3. The molecular formula is C23H43N3O6. The molecule has 0 aromatic heterocycles. The zero-order valence-electron chi connectivity index (χ0n) is 21.3. The number of ether oxygens (including phenoxy) is 2. The van der Waals surface area contributed by atoms with Crippen LogP contribution in [0.15, 0.2) is 0 Å². The topological polar surface area (TPSA) is 123 Å². The van der Waals surface area contributed by atoms with Gasteiger partial charge in [-0.05, 0) is 44.9 Å². The van der Waals surface area contributed by atoms with Crippen LogP contribution in [0.25, 0.3) is 0 Å². The maximum atomic E-state index is 12.8. The predicted octanol–water partition coefficient (Wildman–Crippen LogP) is 2.77. The molecule has 0 fully saturated rings. The molecule has 186 valence electrons. The minimum atomic E-state index is -0.801. The first-order chi connectivity index (χ1) is 14.6. The lowest BCUT2D eigenvalue weighted by atomic mass is 9.98. The molecule has 0 bridgehead atoms. The first kappa shape index (κ1) is 29.7. The largest absolute Gasteiger partial charge is 0.467 e. The molecule has 3 amide bonds. The molecule has 9 nitrogen and oxygen atoms in total. The molecule has 0 heterocycles. The number of carbonyl (C=O) groups excluding carboxylic acids is 4. The number of esters is 1. The van der Waals surface area contributed by atoms with Crippen molar-refractivity contribution in [3.05, 3.63) is 0 Å². The predicted molar refractivity (Wildman–Crippen MR) is 123 cm³/mol. The molecule has 0 saturated carbocycles. The van der Waals surface area contributed by atoms with Crippen LogP contribution in [0.3, 0.4) is 0 Å². The second kappa shape index (κ2) is 13.3. The van der Waals surface area contributed by atoms with Crippen molar-refractivity contribution in [2.24, 2.45) is 17.8 Å². The normalized spacial score (nSPS) is 14.5. The third-order valence-corrected chi connectivity index (χ3v) is 4.87. The maximum absolute atomic E-state index is 12.8. The standard InChI is InChI=1S/C23H43N3O6/c1-13(2)16(24-22(30)32-23(7,8)9)11-12-17(27)25-18(14(3)4)20(28)26-19(15(5)6)21(29)31-10/h13-16,18-19H,11-12H2,1-10H3,(H,24,30)(H,25,27)(H,26,28)/t16-,18-,19-/m0/s1. The van der Waals surface area contributed by atoms with Gasteiger partial charge in [-0.15, -0.1) is 0 Å². The van der Waals surface area contributed by atoms with Gasteiger partial charge < -0.3 is 25.4 Å². The lowest BCUT2D eigenvalue weighted by molar-refractivity contribution is -0.146. The quantitative estimate of drug-likeness (QED) is 0.410. The van der Waals surface area contributed by atoms with Crippen molar-refractivity contribution in [1.29, 1.82) is 0 Å². The number of hydrogen-bond acceptors (Lipinski definition) is 6. The summed E-state index contributed by atoms with van der Waals surface area (Å²) in [6.07, 6.45) is -0.00954. The molecule has 32 heavy (non-hydrogen) atoms. The molecule has 0 aliphatic carbocycles. The molecule has 3 atom stereocenters. The zero-order chi connectivity index (χ0) is 25.2. The van der Waals surface area contributed by atoms with Gasteiger partial charge in [0.25, 0.3) is 0 Å². The lowest BCUT2D eigenvalue weighted by Crippen LogP contribution is -2.55. The SMILES string of the molecule is COC(=O)[C@@H](NC(=O)[C@@H](NC(=O)CC[C@H](NC(=O)OC(C)(C)C)C(C)C)C(C)C)C(C)C. The van der Waals surface area contributed by atoms with Gasteiger partial charge in [0.05, 0.1) is 7.11 Å². The van der Waals surface area contributed by atoms with Crippen LogP contribution < -0.4 is 16.0 Å². The van der Waals surface area contributed by atoms with Crippen molar-refractivity contribution >= 4 is 23.9 Å². The maximum Gasteiger partial charge on any atom is 0.407 e. The smallest absolute Gasteiger partial charge is 0.407 e. The van der Waals surface area contributed by atoms with E-state index in [1.165, 1.54) is 7.11 Å². The van der Waals surface area contributed by atoms with Crippen LogP contribution in [0.2, 0.25) is 0 Å². The van der Waals surface area contributed by atoms with E-state index >= 15 is 0 Å². The number of methoxy groups -OCH3 is 1. The Morgan fingerprint density at radius 2 is 1.31 bits per heavy atom. The number of amides is 3. The Hall–Kier alpha value is -2.32. The minimum Gasteiger partial charge on any atom is -0.467 e. The van der Waals surface area contributed by atoms with Gasteiger partial charge in [-0.2, -0.15) is 0 Å². The molecule has 0 saturated heterocycles. The molecule has 0 aromatic rings. The summed E-state index contributed by atoms with van der Waals surface area (Å²) in [5.41, 5.74) is -0.612. The average molecular weight is 458 g/mol. The summed E-state index contributed by atoms with van der Waals surface area (Å²) < 4.78 is 10.1. The fourth-order valence-corrected chi connectivity index (χ4v) is 2.97. The van der Waals surface area contributed by atoms with Crippen LogP contribution in [0.4, 0.5) is 4.79 Å². The highest BCUT2D eigenvalue weighted by Crippen LogP contribution is 2.13. The van der Waals surface area contributed by atoms with Gasteiger partial charge in [-0.25, -0.2) is 9.59 Å². The van der Waals surface area contributed by atoms with E-state index in [2.05, 4.69) is 16.0 Å². The summed E-state index contributed by atoms with van der Waals surface area (Å²) >= 11 is 0. The van der Waals surface area contributed by atoms with Crippen LogP contribution in [-0.4, -0.2) is 54.7 Å². The number of carbonyl (C=O) groups is 4. The molecule has 0 radical (unpaired) electrons. The third-order valence-electron chi connectivity index (χ3n) is 4.87. The fraction of sp³-hybridized carbons (Fsp3) is 0.826. The Kier molecular flexibility index (Phi) is 12.3. The first-order valence-corrected chi connectivity index (χ1v) is 11.3. The van der Waals surface area contributed by atoms with Gasteiger partial charge in [-0.3, -0.25) is 9.59 Å². The van der Waals surface area contributed by atoms with Crippen LogP contribution in [0.1, 0.15) is 75.2 Å². The second-order valence-corrected chi connectivity index (χ2v) is 10.1. The van der Waals surface area contributed by atoms with E-state index in [1.807, 2.05) is 27.7 Å². The van der Waals surface area contributed by atoms with E-state index in [1.54, 1.807) is 34.6 Å². The van der Waals surface area contributed by atoms with E-state index in [0.717, 1.165) is 0 Å². The fourth-order valence-electron chi connectivity index (χ4n) is 2.97. The van der Waals surface area contributed by atoms with Crippen molar-refractivity contribution in [1.82, 2.24) is 16.0 Å².